The third kappa shape index (κ3) is 24.5. The zero-order chi connectivity index (χ0) is 37.4. The van der Waals surface area contributed by atoms with Crippen LogP contribution in [0.3, 0.4) is 0 Å². The van der Waals surface area contributed by atoms with Crippen molar-refractivity contribution in [1.82, 2.24) is 0 Å². The molecule has 0 N–H and O–H groups in total. The molecule has 0 unspecified atom stereocenters. The lowest BCUT2D eigenvalue weighted by molar-refractivity contribution is -0.145. The number of esters is 2. The zero-order valence-corrected chi connectivity index (χ0v) is 30.4. The fraction of sp³-hybridized carbons (Fsp3) is 0.784. The summed E-state index contributed by atoms with van der Waals surface area (Å²) in [7, 11) is 0. The molecule has 0 aliphatic carbocycles. The molecule has 0 saturated heterocycles. The van der Waals surface area contributed by atoms with Crippen molar-refractivity contribution in [3.8, 4) is 5.75 Å². The molecule has 14 heteroatoms. The monoisotopic (exact) mass is 742 g/mol. The van der Waals surface area contributed by atoms with Gasteiger partial charge in [0.05, 0.1) is 72.5 Å². The molecular weight excluding hydrogens is 683 g/mol. The van der Waals surface area contributed by atoms with Gasteiger partial charge in [-0.05, 0) is 6.42 Å². The van der Waals surface area contributed by atoms with E-state index >= 15 is 0 Å². The number of hydrogen-bond donors (Lipinski definition) is 0. The zero-order valence-electron chi connectivity index (χ0n) is 30.4. The molecule has 1 rings (SSSR count). The van der Waals surface area contributed by atoms with Crippen LogP contribution >= 0.6 is 0 Å². The molecule has 0 fully saturated rings. The van der Waals surface area contributed by atoms with Gasteiger partial charge in [-0.2, -0.15) is 8.78 Å². The molecule has 0 amide bonds. The second kappa shape index (κ2) is 32.3. The van der Waals surface area contributed by atoms with E-state index in [1.807, 2.05) is 0 Å². The molecule has 0 atom stereocenters. The van der Waals surface area contributed by atoms with Crippen LogP contribution in [0.25, 0.3) is 0 Å². The molecule has 0 aliphatic rings. The molecule has 0 bridgehead atoms. The van der Waals surface area contributed by atoms with Gasteiger partial charge in [0.25, 0.3) is 0 Å². The fourth-order valence-electron chi connectivity index (χ4n) is 4.90. The fourth-order valence-corrected chi connectivity index (χ4v) is 4.90. The van der Waals surface area contributed by atoms with Gasteiger partial charge in [-0.1, -0.05) is 96.8 Å². The van der Waals surface area contributed by atoms with Crippen LogP contribution in [-0.4, -0.2) is 84.6 Å². The van der Waals surface area contributed by atoms with Crippen LogP contribution in [0, 0.1) is 29.1 Å². The minimum Gasteiger partial charge on any atom is -0.463 e. The highest BCUT2D eigenvalue weighted by molar-refractivity contribution is 5.72. The Labute approximate surface area is 300 Å². The first-order valence-electron chi connectivity index (χ1n) is 18.6. The summed E-state index contributed by atoms with van der Waals surface area (Å²) in [5.74, 6) is -14.3. The Morgan fingerprint density at radius 1 is 0.392 bits per heavy atom. The summed E-state index contributed by atoms with van der Waals surface area (Å²) < 4.78 is 103. The highest BCUT2D eigenvalue weighted by Gasteiger charge is 2.28. The number of halogens is 5. The number of benzene rings is 1. The van der Waals surface area contributed by atoms with Crippen molar-refractivity contribution < 1.29 is 64.7 Å². The maximum atomic E-state index is 13.5. The van der Waals surface area contributed by atoms with E-state index in [9.17, 15) is 31.5 Å². The van der Waals surface area contributed by atoms with Crippen LogP contribution < -0.4 is 4.74 Å². The Balaban J connectivity index is 1.78. The number of carbonyl (C=O) groups is 2. The average Bonchev–Trinajstić information content (AvgIpc) is 3.12. The third-order valence-electron chi connectivity index (χ3n) is 7.80. The van der Waals surface area contributed by atoms with E-state index in [0.717, 1.165) is 12.8 Å². The highest BCUT2D eigenvalue weighted by Crippen LogP contribution is 2.29. The van der Waals surface area contributed by atoms with E-state index in [0.29, 0.717) is 46.1 Å². The van der Waals surface area contributed by atoms with Gasteiger partial charge in [0, 0.05) is 6.42 Å². The highest BCUT2D eigenvalue weighted by atomic mass is 19.2. The van der Waals surface area contributed by atoms with Gasteiger partial charge < -0.3 is 33.2 Å². The quantitative estimate of drug-likeness (QED) is 0.0169. The van der Waals surface area contributed by atoms with Gasteiger partial charge in [0.1, 0.15) is 6.61 Å². The lowest BCUT2D eigenvalue weighted by atomic mass is 10.0. The van der Waals surface area contributed by atoms with Crippen LogP contribution in [0.1, 0.15) is 116 Å². The number of ether oxygens (including phenoxy) is 7. The van der Waals surface area contributed by atoms with Crippen LogP contribution in [0.4, 0.5) is 22.0 Å². The number of carbonyl (C=O) groups excluding carboxylic acids is 2. The minimum absolute atomic E-state index is 0.0810. The average molecular weight is 743 g/mol. The lowest BCUT2D eigenvalue weighted by Gasteiger charge is -2.09. The number of hydrogen-bond acceptors (Lipinski definition) is 9. The summed E-state index contributed by atoms with van der Waals surface area (Å²) in [5, 5.41) is 0. The minimum atomic E-state index is -2.35. The molecule has 1 aromatic carbocycles. The van der Waals surface area contributed by atoms with E-state index in [1.165, 1.54) is 83.5 Å². The van der Waals surface area contributed by atoms with E-state index < -0.39 is 47.2 Å². The van der Waals surface area contributed by atoms with E-state index in [1.54, 1.807) is 0 Å². The van der Waals surface area contributed by atoms with Gasteiger partial charge in [0.2, 0.25) is 34.8 Å². The van der Waals surface area contributed by atoms with Gasteiger partial charge in [0.15, 0.2) is 0 Å². The summed E-state index contributed by atoms with van der Waals surface area (Å²) in [6.07, 6.45) is 19.2. The molecule has 9 nitrogen and oxygen atoms in total. The Kier molecular flexibility index (Phi) is 29.5. The molecule has 0 spiro atoms. The van der Waals surface area contributed by atoms with Crippen molar-refractivity contribution in [3.05, 3.63) is 29.1 Å². The molecule has 0 heterocycles. The SMILES string of the molecule is CCCCCCCCCCCCCCCCCC(=O)OCCOCCOCCOCCOCCOCCC(=O)Oc1c(F)c(F)c(F)c(F)c1F. The Hall–Kier alpha value is -2.39. The van der Waals surface area contributed by atoms with Crippen molar-refractivity contribution >= 4 is 11.9 Å². The van der Waals surface area contributed by atoms with E-state index in [2.05, 4.69) is 11.7 Å². The van der Waals surface area contributed by atoms with Crippen molar-refractivity contribution in [2.45, 2.75) is 116 Å². The smallest absolute Gasteiger partial charge is 0.313 e. The molecule has 0 saturated carbocycles. The predicted octanol–water partition coefficient (Wildman–Crippen LogP) is 8.57. The van der Waals surface area contributed by atoms with Crippen LogP contribution in [0.5, 0.6) is 5.75 Å². The molecule has 51 heavy (non-hydrogen) atoms. The Morgan fingerprint density at radius 3 is 1.14 bits per heavy atom. The molecule has 296 valence electrons. The third-order valence-corrected chi connectivity index (χ3v) is 7.80. The lowest BCUT2D eigenvalue weighted by Crippen LogP contribution is -2.16. The van der Waals surface area contributed by atoms with Crippen molar-refractivity contribution in [3.63, 3.8) is 0 Å². The number of unbranched alkanes of at least 4 members (excludes halogenated alkanes) is 14. The summed E-state index contributed by atoms with van der Waals surface area (Å²) in [4.78, 5) is 23.5. The second-order valence-corrected chi connectivity index (χ2v) is 12.1. The molecule has 1 aromatic rings. The van der Waals surface area contributed by atoms with Crippen molar-refractivity contribution in [1.29, 1.82) is 0 Å². The van der Waals surface area contributed by atoms with Crippen LogP contribution in [0.15, 0.2) is 0 Å². The maximum absolute atomic E-state index is 13.5. The van der Waals surface area contributed by atoms with Crippen LogP contribution in [0.2, 0.25) is 0 Å². The molecule has 0 aliphatic heterocycles. The summed E-state index contributed by atoms with van der Waals surface area (Å²) >= 11 is 0. The first-order chi connectivity index (χ1) is 24.8. The molecular formula is C37H59F5O9. The Morgan fingerprint density at radius 2 is 0.725 bits per heavy atom. The molecule has 0 radical (unpaired) electrons. The van der Waals surface area contributed by atoms with Crippen molar-refractivity contribution in [2.75, 3.05) is 72.7 Å². The normalized spacial score (nSPS) is 11.3. The van der Waals surface area contributed by atoms with Gasteiger partial charge in [-0.3, -0.25) is 9.59 Å². The maximum Gasteiger partial charge on any atom is 0.313 e. The van der Waals surface area contributed by atoms with Gasteiger partial charge in [-0.25, -0.2) is 13.2 Å². The van der Waals surface area contributed by atoms with Gasteiger partial charge >= 0.3 is 11.9 Å². The molecule has 0 aromatic heterocycles. The van der Waals surface area contributed by atoms with Crippen LogP contribution in [-0.2, 0) is 38.0 Å². The first-order valence-corrected chi connectivity index (χ1v) is 18.6. The summed E-state index contributed by atoms with van der Waals surface area (Å²) in [6, 6.07) is 0. The summed E-state index contributed by atoms with van der Waals surface area (Å²) in [5.41, 5.74) is 0. The first kappa shape index (κ1) is 46.6. The van der Waals surface area contributed by atoms with Crippen molar-refractivity contribution in [2.24, 2.45) is 0 Å². The topological polar surface area (TPSA) is 98.8 Å². The predicted molar refractivity (Wildman–Crippen MR) is 181 cm³/mol. The van der Waals surface area contributed by atoms with E-state index in [-0.39, 0.29) is 39.0 Å². The number of rotatable bonds is 35. The van der Waals surface area contributed by atoms with E-state index in [4.69, 9.17) is 28.4 Å². The Bertz CT molecular complexity index is 1020. The summed E-state index contributed by atoms with van der Waals surface area (Å²) in [6.45, 7) is 4.85. The second-order valence-electron chi connectivity index (χ2n) is 12.1. The van der Waals surface area contributed by atoms with Gasteiger partial charge in [-0.15, -0.1) is 0 Å². The standard InChI is InChI=1S/C37H59F5O9/c1-2-3-4-5-6-7-8-9-10-11-12-13-14-15-16-17-30(43)50-29-28-49-27-26-48-25-24-47-23-22-46-21-20-45-19-18-31(44)51-37-35(41)33(39)32(38)34(40)36(37)42/h2-29H2,1H3. The largest absolute Gasteiger partial charge is 0.463 e.